The van der Waals surface area contributed by atoms with Gasteiger partial charge in [-0.2, -0.15) is 5.10 Å². The summed E-state index contributed by atoms with van der Waals surface area (Å²) in [7, 11) is 4.57. The van der Waals surface area contributed by atoms with Gasteiger partial charge in [0.05, 0.1) is 32.2 Å². The number of nitrogens with zero attached hydrogens (tertiary/aromatic N) is 3. The van der Waals surface area contributed by atoms with Crippen molar-refractivity contribution in [3.63, 3.8) is 0 Å². The summed E-state index contributed by atoms with van der Waals surface area (Å²) in [4.78, 5) is 28.1. The molecule has 4 rings (SSSR count). The third kappa shape index (κ3) is 6.37. The highest BCUT2D eigenvalue weighted by Crippen LogP contribution is 2.26. The van der Waals surface area contributed by atoms with E-state index in [4.69, 9.17) is 19.3 Å². The first-order valence-corrected chi connectivity index (χ1v) is 12.0. The number of anilines is 1. The van der Waals surface area contributed by atoms with E-state index in [0.29, 0.717) is 28.6 Å². The molecule has 0 fully saturated rings. The Balaban J connectivity index is 1.60. The molecule has 196 valence electrons. The molecule has 3 aromatic carbocycles. The molecule has 38 heavy (non-hydrogen) atoms. The van der Waals surface area contributed by atoms with Gasteiger partial charge in [0.1, 0.15) is 23.9 Å². The van der Waals surface area contributed by atoms with Gasteiger partial charge < -0.3 is 24.4 Å². The van der Waals surface area contributed by atoms with Crippen molar-refractivity contribution < 1.29 is 23.8 Å². The Morgan fingerprint density at radius 2 is 1.50 bits per heavy atom. The molecule has 1 N–H and O–H groups in total. The number of para-hydroxylation sites is 1. The Bertz CT molecular complexity index is 1350. The van der Waals surface area contributed by atoms with Gasteiger partial charge in [-0.25, -0.2) is 4.68 Å². The van der Waals surface area contributed by atoms with Gasteiger partial charge in [-0.3, -0.25) is 9.59 Å². The van der Waals surface area contributed by atoms with E-state index in [1.165, 1.54) is 19.1 Å². The molecule has 1 aromatic heterocycles. The lowest BCUT2D eigenvalue weighted by Gasteiger charge is -2.22. The van der Waals surface area contributed by atoms with Crippen molar-refractivity contribution in [1.82, 2.24) is 14.7 Å². The number of amides is 2. The lowest BCUT2D eigenvalue weighted by Crippen LogP contribution is -2.40. The number of carbonyl (C=O) groups is 2. The van der Waals surface area contributed by atoms with E-state index in [-0.39, 0.29) is 31.5 Å². The van der Waals surface area contributed by atoms with Gasteiger partial charge in [-0.1, -0.05) is 48.5 Å². The predicted octanol–water partition coefficient (Wildman–Crippen LogP) is 4.28. The summed E-state index contributed by atoms with van der Waals surface area (Å²) in [5.74, 6) is 0.715. The van der Waals surface area contributed by atoms with Crippen LogP contribution in [-0.4, -0.2) is 67.5 Å². The zero-order chi connectivity index (χ0) is 26.9. The van der Waals surface area contributed by atoms with Crippen molar-refractivity contribution in [2.45, 2.75) is 0 Å². The highest BCUT2D eigenvalue weighted by Gasteiger charge is 2.22. The number of rotatable bonds is 11. The third-order valence-corrected chi connectivity index (χ3v) is 5.83. The maximum Gasteiger partial charge on any atom is 0.254 e. The average molecular weight is 515 g/mol. The molecule has 0 atom stereocenters. The van der Waals surface area contributed by atoms with Gasteiger partial charge in [0.15, 0.2) is 0 Å². The van der Waals surface area contributed by atoms with E-state index < -0.39 is 0 Å². The molecule has 0 radical (unpaired) electrons. The van der Waals surface area contributed by atoms with Crippen LogP contribution in [0.4, 0.5) is 5.82 Å². The maximum absolute atomic E-state index is 13.4. The van der Waals surface area contributed by atoms with Crippen molar-refractivity contribution in [3.05, 3.63) is 90.5 Å². The second kappa shape index (κ2) is 12.6. The van der Waals surface area contributed by atoms with Crippen LogP contribution < -0.4 is 14.8 Å². The fourth-order valence-corrected chi connectivity index (χ4v) is 3.91. The molecule has 0 aliphatic carbocycles. The van der Waals surface area contributed by atoms with Gasteiger partial charge in [0, 0.05) is 36.9 Å². The first-order valence-electron chi connectivity index (χ1n) is 12.0. The Kier molecular flexibility index (Phi) is 8.73. The lowest BCUT2D eigenvalue weighted by atomic mass is 10.1. The van der Waals surface area contributed by atoms with Crippen LogP contribution in [0.2, 0.25) is 0 Å². The van der Waals surface area contributed by atoms with Crippen LogP contribution >= 0.6 is 0 Å². The zero-order valence-corrected chi connectivity index (χ0v) is 21.6. The smallest absolute Gasteiger partial charge is 0.254 e. The number of ether oxygens (including phenoxy) is 3. The van der Waals surface area contributed by atoms with Crippen LogP contribution in [0.5, 0.6) is 11.5 Å². The number of aromatic nitrogens is 2. The Morgan fingerprint density at radius 3 is 2.11 bits per heavy atom. The number of nitrogens with one attached hydrogen (secondary N) is 1. The minimum absolute atomic E-state index is 0.192. The SMILES string of the molecule is COCCN(CC(=O)Nc1cc(-c2ccccc2)nn1-c1ccccc1)C(=O)c1cc(OC)cc(OC)c1. The summed E-state index contributed by atoms with van der Waals surface area (Å²) >= 11 is 0. The van der Waals surface area contributed by atoms with E-state index >= 15 is 0 Å². The van der Waals surface area contributed by atoms with Crippen LogP contribution in [0.25, 0.3) is 16.9 Å². The first-order chi connectivity index (χ1) is 18.5. The van der Waals surface area contributed by atoms with Crippen LogP contribution in [0.15, 0.2) is 84.9 Å². The molecule has 9 nitrogen and oxygen atoms in total. The summed E-state index contributed by atoms with van der Waals surface area (Å²) < 4.78 is 17.5. The van der Waals surface area contributed by atoms with Gasteiger partial charge in [0.25, 0.3) is 5.91 Å². The van der Waals surface area contributed by atoms with E-state index in [1.807, 2.05) is 66.7 Å². The lowest BCUT2D eigenvalue weighted by molar-refractivity contribution is -0.117. The van der Waals surface area contributed by atoms with Crippen molar-refractivity contribution in [2.24, 2.45) is 0 Å². The molecule has 0 aliphatic heterocycles. The van der Waals surface area contributed by atoms with Crippen molar-refractivity contribution in [3.8, 4) is 28.4 Å². The fraction of sp³-hybridized carbons (Fsp3) is 0.207. The number of hydrogen-bond acceptors (Lipinski definition) is 6. The average Bonchev–Trinajstić information content (AvgIpc) is 3.39. The standard InChI is InChI=1S/C29H30N4O5/c1-36-15-14-32(29(35)22-16-24(37-2)18-25(17-22)38-3)20-28(34)30-27-19-26(21-10-6-4-7-11-21)31-33(27)23-12-8-5-9-13-23/h4-13,16-19H,14-15,20H2,1-3H3,(H,30,34). The van der Waals surface area contributed by atoms with Gasteiger partial charge >= 0.3 is 0 Å². The van der Waals surface area contributed by atoms with E-state index in [9.17, 15) is 9.59 Å². The Hall–Kier alpha value is -4.63. The summed E-state index contributed by atoms with van der Waals surface area (Å²) in [6.07, 6.45) is 0. The Morgan fingerprint density at radius 1 is 0.868 bits per heavy atom. The van der Waals surface area contributed by atoms with Crippen molar-refractivity contribution in [1.29, 1.82) is 0 Å². The molecular weight excluding hydrogens is 484 g/mol. The number of carbonyl (C=O) groups excluding carboxylic acids is 2. The monoisotopic (exact) mass is 514 g/mol. The van der Waals surface area contributed by atoms with E-state index in [0.717, 1.165) is 11.3 Å². The van der Waals surface area contributed by atoms with E-state index in [1.54, 1.807) is 30.0 Å². The first kappa shape index (κ1) is 26.4. The number of benzene rings is 3. The highest BCUT2D eigenvalue weighted by atomic mass is 16.5. The minimum atomic E-state index is -0.374. The zero-order valence-electron chi connectivity index (χ0n) is 21.6. The van der Waals surface area contributed by atoms with Crippen molar-refractivity contribution in [2.75, 3.05) is 46.3 Å². The summed E-state index contributed by atoms with van der Waals surface area (Å²) in [5.41, 5.74) is 2.76. The molecular formula is C29H30N4O5. The molecule has 4 aromatic rings. The van der Waals surface area contributed by atoms with Gasteiger partial charge in [-0.15, -0.1) is 0 Å². The quantitative estimate of drug-likeness (QED) is 0.321. The van der Waals surface area contributed by atoms with Crippen LogP contribution in [0.1, 0.15) is 10.4 Å². The van der Waals surface area contributed by atoms with Crippen LogP contribution in [0.3, 0.4) is 0 Å². The number of hydrogen-bond donors (Lipinski definition) is 1. The fourth-order valence-electron chi connectivity index (χ4n) is 3.91. The van der Waals surface area contributed by atoms with Crippen molar-refractivity contribution >= 4 is 17.6 Å². The van der Waals surface area contributed by atoms with Crippen LogP contribution in [0, 0.1) is 0 Å². The molecule has 0 unspecified atom stereocenters. The topological polar surface area (TPSA) is 94.9 Å². The summed E-state index contributed by atoms with van der Waals surface area (Å²) in [6, 6.07) is 25.9. The summed E-state index contributed by atoms with van der Waals surface area (Å²) in [5, 5.41) is 7.66. The minimum Gasteiger partial charge on any atom is -0.497 e. The predicted molar refractivity (Wildman–Crippen MR) is 145 cm³/mol. The molecule has 0 saturated heterocycles. The molecule has 0 bridgehead atoms. The molecule has 0 aliphatic rings. The number of methoxy groups -OCH3 is 3. The second-order valence-corrected chi connectivity index (χ2v) is 8.40. The highest BCUT2D eigenvalue weighted by molar-refractivity contribution is 6.00. The van der Waals surface area contributed by atoms with Crippen LogP contribution in [-0.2, 0) is 9.53 Å². The molecule has 0 saturated carbocycles. The Labute approximate surface area is 221 Å². The molecule has 2 amide bonds. The van der Waals surface area contributed by atoms with Gasteiger partial charge in [0.2, 0.25) is 5.91 Å². The van der Waals surface area contributed by atoms with Gasteiger partial charge in [-0.05, 0) is 24.3 Å². The second-order valence-electron chi connectivity index (χ2n) is 8.40. The summed E-state index contributed by atoms with van der Waals surface area (Å²) in [6.45, 7) is 0.290. The van der Waals surface area contributed by atoms with E-state index in [2.05, 4.69) is 5.32 Å². The molecule has 9 heteroatoms. The third-order valence-electron chi connectivity index (χ3n) is 5.83. The molecule has 0 spiro atoms. The molecule has 1 heterocycles. The maximum atomic E-state index is 13.4. The largest absolute Gasteiger partial charge is 0.497 e. The normalized spacial score (nSPS) is 10.6.